The van der Waals surface area contributed by atoms with Crippen molar-refractivity contribution in [1.82, 2.24) is 9.88 Å². The van der Waals surface area contributed by atoms with Crippen LogP contribution in [0.1, 0.15) is 12.2 Å². The molecule has 3 aliphatic rings. The van der Waals surface area contributed by atoms with Gasteiger partial charge in [0.1, 0.15) is 5.76 Å². The van der Waals surface area contributed by atoms with Gasteiger partial charge in [0, 0.05) is 24.6 Å². The molecule has 0 aliphatic carbocycles. The Balaban J connectivity index is 1.80. The lowest BCUT2D eigenvalue weighted by molar-refractivity contribution is -0.215. The number of rotatable bonds is 1. The second-order valence-corrected chi connectivity index (χ2v) is 4.80. The van der Waals surface area contributed by atoms with Gasteiger partial charge in [-0.2, -0.15) is 0 Å². The molecule has 2 unspecified atom stereocenters. The first kappa shape index (κ1) is 10.7. The third kappa shape index (κ3) is 1.33. The third-order valence-corrected chi connectivity index (χ3v) is 3.79. The van der Waals surface area contributed by atoms with Crippen molar-refractivity contribution >= 4 is 18.0 Å². The van der Waals surface area contributed by atoms with Gasteiger partial charge in [-0.3, -0.25) is 0 Å². The number of hydrogen-bond donors (Lipinski definition) is 0. The van der Waals surface area contributed by atoms with Crippen LogP contribution in [0.15, 0.2) is 22.6 Å². The molecular weight excluding hydrogens is 252 g/mol. The van der Waals surface area contributed by atoms with Crippen molar-refractivity contribution in [3.05, 3.63) is 23.9 Å². The maximum Gasteiger partial charge on any atom is 0.422 e. The van der Waals surface area contributed by atoms with Crippen LogP contribution >= 0.6 is 0 Å². The molecule has 3 aliphatic heterocycles. The lowest BCUT2D eigenvalue weighted by Crippen LogP contribution is -2.47. The van der Waals surface area contributed by atoms with Gasteiger partial charge in [-0.15, -0.1) is 0 Å². The Labute approximate surface area is 107 Å². The monoisotopic (exact) mass is 262 g/mol. The molecule has 0 amide bonds. The number of ether oxygens (including phenoxy) is 2. The molecular formula is C12H10N2O5. The number of piperidine rings is 1. The van der Waals surface area contributed by atoms with Gasteiger partial charge in [0.2, 0.25) is 0 Å². The van der Waals surface area contributed by atoms with E-state index in [0.717, 1.165) is 18.5 Å². The molecule has 0 N–H and O–H groups in total. The van der Waals surface area contributed by atoms with Gasteiger partial charge in [-0.25, -0.2) is 19.5 Å². The fourth-order valence-corrected chi connectivity index (χ4v) is 2.98. The highest BCUT2D eigenvalue weighted by atomic mass is 16.8. The lowest BCUT2D eigenvalue weighted by Gasteiger charge is -2.33. The molecule has 4 heterocycles. The summed E-state index contributed by atoms with van der Waals surface area (Å²) >= 11 is 0. The molecule has 3 saturated heterocycles. The summed E-state index contributed by atoms with van der Waals surface area (Å²) in [6.45, 7) is 1.44. The van der Waals surface area contributed by atoms with Crippen LogP contribution in [-0.4, -0.2) is 40.8 Å². The third-order valence-electron chi connectivity index (χ3n) is 3.79. The molecule has 7 nitrogen and oxygen atoms in total. The van der Waals surface area contributed by atoms with E-state index in [1.54, 1.807) is 12.3 Å². The van der Waals surface area contributed by atoms with Gasteiger partial charge in [0.15, 0.2) is 6.39 Å². The van der Waals surface area contributed by atoms with E-state index in [1.165, 1.54) is 6.39 Å². The van der Waals surface area contributed by atoms with Crippen molar-refractivity contribution < 1.29 is 23.5 Å². The van der Waals surface area contributed by atoms with E-state index in [9.17, 15) is 9.59 Å². The van der Waals surface area contributed by atoms with Crippen LogP contribution in [0.5, 0.6) is 0 Å². The first-order valence-corrected chi connectivity index (χ1v) is 6.01. The summed E-state index contributed by atoms with van der Waals surface area (Å²) in [4.78, 5) is 28.4. The van der Waals surface area contributed by atoms with Crippen LogP contribution in [0, 0.1) is 5.92 Å². The fraction of sp³-hybridized carbons (Fsp3) is 0.417. The standard InChI is InChI=1S/C12H10N2O5/c15-10-11(16)19-12(18-10)9(3-8-4-13-6-17-8)7-1-2-14(12)5-7/h3-4,6-7H,1-2,5H2/b9-3+. The number of oxazole rings is 1. The lowest BCUT2D eigenvalue weighted by atomic mass is 9.95. The van der Waals surface area contributed by atoms with Gasteiger partial charge >= 0.3 is 17.8 Å². The minimum absolute atomic E-state index is 0.198. The summed E-state index contributed by atoms with van der Waals surface area (Å²) in [7, 11) is 0. The second-order valence-electron chi connectivity index (χ2n) is 4.80. The van der Waals surface area contributed by atoms with E-state index in [1.807, 2.05) is 4.90 Å². The highest BCUT2D eigenvalue weighted by Gasteiger charge is 2.64. The summed E-state index contributed by atoms with van der Waals surface area (Å²) in [6, 6.07) is 0. The van der Waals surface area contributed by atoms with E-state index < -0.39 is 17.8 Å². The van der Waals surface area contributed by atoms with Crippen molar-refractivity contribution in [2.24, 2.45) is 5.92 Å². The average Bonchev–Trinajstić information content (AvgIpc) is 3.11. The van der Waals surface area contributed by atoms with Crippen LogP contribution in [0.25, 0.3) is 6.08 Å². The Kier molecular flexibility index (Phi) is 1.95. The minimum atomic E-state index is -1.36. The first-order valence-electron chi connectivity index (χ1n) is 6.01. The minimum Gasteiger partial charge on any atom is -0.444 e. The highest BCUT2D eigenvalue weighted by Crippen LogP contribution is 2.49. The van der Waals surface area contributed by atoms with Gasteiger partial charge in [-0.05, 0) is 12.5 Å². The number of carbonyl (C=O) groups is 2. The van der Waals surface area contributed by atoms with Crippen molar-refractivity contribution in [1.29, 1.82) is 0 Å². The quantitative estimate of drug-likeness (QED) is 0.526. The SMILES string of the molecule is O=C1OC2(OC1=O)/C(=C/c1cnco1)C1CCN2C1. The van der Waals surface area contributed by atoms with Crippen LogP contribution in [-0.2, 0) is 19.1 Å². The predicted molar refractivity (Wildman–Crippen MR) is 59.1 cm³/mol. The molecule has 98 valence electrons. The molecule has 1 spiro atoms. The Morgan fingerprint density at radius 2 is 2.16 bits per heavy atom. The predicted octanol–water partition coefficient (Wildman–Crippen LogP) is 0.147. The van der Waals surface area contributed by atoms with Crippen LogP contribution in [0.3, 0.4) is 0 Å². The molecule has 2 atom stereocenters. The maximum absolute atomic E-state index is 11.4. The van der Waals surface area contributed by atoms with Crippen LogP contribution < -0.4 is 0 Å². The number of aromatic nitrogens is 1. The van der Waals surface area contributed by atoms with E-state index in [0.29, 0.717) is 12.3 Å². The molecule has 0 saturated carbocycles. The molecule has 1 aromatic heterocycles. The van der Waals surface area contributed by atoms with Crippen molar-refractivity contribution in [2.75, 3.05) is 13.1 Å². The highest BCUT2D eigenvalue weighted by molar-refractivity contribution is 6.31. The smallest absolute Gasteiger partial charge is 0.422 e. The zero-order valence-electron chi connectivity index (χ0n) is 9.87. The number of carbonyl (C=O) groups excluding carboxylic acids is 2. The molecule has 0 aromatic carbocycles. The molecule has 0 radical (unpaired) electrons. The Hall–Kier alpha value is -2.15. The van der Waals surface area contributed by atoms with Gasteiger partial charge in [0.05, 0.1) is 6.20 Å². The van der Waals surface area contributed by atoms with E-state index in [-0.39, 0.29) is 5.92 Å². The molecule has 7 heteroatoms. The first-order chi connectivity index (χ1) is 9.19. The zero-order chi connectivity index (χ0) is 13.0. The van der Waals surface area contributed by atoms with Gasteiger partial charge in [-0.1, -0.05) is 0 Å². The molecule has 3 fully saturated rings. The van der Waals surface area contributed by atoms with E-state index >= 15 is 0 Å². The van der Waals surface area contributed by atoms with E-state index in [4.69, 9.17) is 13.9 Å². The number of nitrogens with zero attached hydrogens (tertiary/aromatic N) is 2. The molecule has 4 rings (SSSR count). The Bertz CT molecular complexity index is 575. The van der Waals surface area contributed by atoms with Crippen LogP contribution in [0.2, 0.25) is 0 Å². The Morgan fingerprint density at radius 1 is 1.37 bits per heavy atom. The molecule has 19 heavy (non-hydrogen) atoms. The topological polar surface area (TPSA) is 81.9 Å². The zero-order valence-corrected chi connectivity index (χ0v) is 9.87. The van der Waals surface area contributed by atoms with Crippen LogP contribution in [0.4, 0.5) is 0 Å². The number of fused-ring (bicyclic) bond motifs is 3. The fourth-order valence-electron chi connectivity index (χ4n) is 2.98. The van der Waals surface area contributed by atoms with Crippen molar-refractivity contribution in [2.45, 2.75) is 12.3 Å². The van der Waals surface area contributed by atoms with E-state index in [2.05, 4.69) is 4.98 Å². The summed E-state index contributed by atoms with van der Waals surface area (Å²) in [6.07, 6.45) is 5.55. The van der Waals surface area contributed by atoms with Gasteiger partial charge < -0.3 is 13.9 Å². The summed E-state index contributed by atoms with van der Waals surface area (Å²) < 4.78 is 15.6. The summed E-state index contributed by atoms with van der Waals surface area (Å²) in [5.41, 5.74) is 0.745. The normalized spacial score (nSPS) is 33.2. The average molecular weight is 262 g/mol. The maximum atomic E-state index is 11.4. The number of esters is 2. The molecule has 2 bridgehead atoms. The van der Waals surface area contributed by atoms with Crippen molar-refractivity contribution in [3.8, 4) is 0 Å². The Morgan fingerprint density at radius 3 is 2.84 bits per heavy atom. The summed E-state index contributed by atoms with van der Waals surface area (Å²) in [5.74, 6) is -2.51. The number of hydrogen-bond acceptors (Lipinski definition) is 7. The molecule has 1 aromatic rings. The second kappa shape index (κ2) is 3.45. The largest absolute Gasteiger partial charge is 0.444 e. The van der Waals surface area contributed by atoms with Gasteiger partial charge in [0.25, 0.3) is 0 Å². The van der Waals surface area contributed by atoms with Crippen molar-refractivity contribution in [3.63, 3.8) is 0 Å². The summed E-state index contributed by atoms with van der Waals surface area (Å²) in [5, 5.41) is 0.